The molecule has 1 rings (SSSR count). The van der Waals surface area contributed by atoms with Gasteiger partial charge in [0.05, 0.1) is 5.60 Å². The van der Waals surface area contributed by atoms with E-state index in [1.165, 1.54) is 0 Å². The van der Waals surface area contributed by atoms with Crippen LogP contribution in [0.25, 0.3) is 0 Å². The largest absolute Gasteiger partial charge is 0.409 e. The summed E-state index contributed by atoms with van der Waals surface area (Å²) in [6.45, 7) is 21.4. The van der Waals surface area contributed by atoms with E-state index in [1.807, 2.05) is 6.08 Å². The van der Waals surface area contributed by atoms with Gasteiger partial charge in [0.1, 0.15) is 11.7 Å². The normalized spacial score (nSPS) is 28.7. The fourth-order valence-corrected chi connectivity index (χ4v) is 3.49. The van der Waals surface area contributed by atoms with Crippen molar-refractivity contribution in [3.63, 3.8) is 0 Å². The van der Waals surface area contributed by atoms with Crippen LogP contribution in [0.1, 0.15) is 41.5 Å². The standard InChI is InChI=1S/C16H30O2Si/c1-10-16(7)13(17-16)11-12-15(5,6)18-19(8,9)14(2,3)4/h10-13H,1H2,2-9H3/b12-11+/t13-,16-/m0/s1. The summed E-state index contributed by atoms with van der Waals surface area (Å²) in [7, 11) is -1.75. The number of rotatable bonds is 5. The maximum atomic E-state index is 6.44. The van der Waals surface area contributed by atoms with Crippen molar-refractivity contribution in [1.29, 1.82) is 0 Å². The number of ether oxygens (including phenoxy) is 1. The van der Waals surface area contributed by atoms with Crippen molar-refractivity contribution in [3.05, 3.63) is 24.8 Å². The molecule has 0 radical (unpaired) electrons. The lowest BCUT2D eigenvalue weighted by Crippen LogP contribution is -2.46. The molecule has 0 amide bonds. The molecule has 0 aliphatic carbocycles. The van der Waals surface area contributed by atoms with Gasteiger partial charge in [0.15, 0.2) is 8.32 Å². The first-order valence-electron chi connectivity index (χ1n) is 7.04. The summed E-state index contributed by atoms with van der Waals surface area (Å²) in [4.78, 5) is 0. The van der Waals surface area contributed by atoms with Crippen molar-refractivity contribution >= 4 is 8.32 Å². The quantitative estimate of drug-likeness (QED) is 0.414. The van der Waals surface area contributed by atoms with Crippen LogP contribution >= 0.6 is 0 Å². The van der Waals surface area contributed by atoms with Crippen LogP contribution in [0.2, 0.25) is 18.1 Å². The summed E-state index contributed by atoms with van der Waals surface area (Å²) >= 11 is 0. The van der Waals surface area contributed by atoms with Gasteiger partial charge in [0.25, 0.3) is 0 Å². The molecule has 1 fully saturated rings. The van der Waals surface area contributed by atoms with E-state index < -0.39 is 8.32 Å². The highest BCUT2D eigenvalue weighted by molar-refractivity contribution is 6.74. The van der Waals surface area contributed by atoms with Gasteiger partial charge in [-0.2, -0.15) is 0 Å². The third-order valence-electron chi connectivity index (χ3n) is 4.29. The summed E-state index contributed by atoms with van der Waals surface area (Å²) in [6, 6.07) is 0. The molecule has 1 aliphatic heterocycles. The van der Waals surface area contributed by atoms with Gasteiger partial charge in [-0.3, -0.25) is 0 Å². The molecule has 110 valence electrons. The number of epoxide rings is 1. The Kier molecular flexibility index (Phi) is 4.27. The van der Waals surface area contributed by atoms with Gasteiger partial charge < -0.3 is 9.16 Å². The summed E-state index contributed by atoms with van der Waals surface area (Å²) in [5.41, 5.74) is -0.430. The molecule has 0 aromatic carbocycles. The lowest BCUT2D eigenvalue weighted by molar-refractivity contribution is 0.141. The summed E-state index contributed by atoms with van der Waals surface area (Å²) < 4.78 is 12.0. The zero-order valence-corrected chi connectivity index (χ0v) is 14.8. The van der Waals surface area contributed by atoms with Crippen LogP contribution in [-0.4, -0.2) is 25.6 Å². The first-order valence-corrected chi connectivity index (χ1v) is 9.95. The molecule has 2 nitrogen and oxygen atoms in total. The Morgan fingerprint density at radius 2 is 1.74 bits per heavy atom. The molecular weight excluding hydrogens is 252 g/mol. The minimum Gasteiger partial charge on any atom is -0.409 e. The van der Waals surface area contributed by atoms with Gasteiger partial charge >= 0.3 is 0 Å². The zero-order valence-electron chi connectivity index (χ0n) is 13.8. The summed E-state index contributed by atoms with van der Waals surface area (Å²) in [6.07, 6.45) is 6.25. The first kappa shape index (κ1) is 16.7. The molecule has 0 aromatic rings. The van der Waals surface area contributed by atoms with E-state index in [0.29, 0.717) is 0 Å². The van der Waals surface area contributed by atoms with Gasteiger partial charge in [-0.25, -0.2) is 0 Å². The maximum Gasteiger partial charge on any atom is 0.193 e. The van der Waals surface area contributed by atoms with Gasteiger partial charge in [0.2, 0.25) is 0 Å². The van der Waals surface area contributed by atoms with E-state index in [2.05, 4.69) is 73.4 Å². The lowest BCUT2D eigenvalue weighted by atomic mass is 10.0. The van der Waals surface area contributed by atoms with Gasteiger partial charge in [-0.15, -0.1) is 6.58 Å². The Morgan fingerprint density at radius 1 is 1.21 bits per heavy atom. The predicted octanol–water partition coefficient (Wildman–Crippen LogP) is 4.69. The SMILES string of the molecule is C=C[C@]1(C)O[C@H]1/C=C/C(C)(C)O[Si](C)(C)C(C)(C)C. The van der Waals surface area contributed by atoms with Crippen LogP contribution in [0, 0.1) is 0 Å². The van der Waals surface area contributed by atoms with E-state index >= 15 is 0 Å². The monoisotopic (exact) mass is 282 g/mol. The van der Waals surface area contributed by atoms with Crippen LogP contribution in [0.15, 0.2) is 24.8 Å². The van der Waals surface area contributed by atoms with Crippen molar-refractivity contribution in [2.75, 3.05) is 0 Å². The van der Waals surface area contributed by atoms with Crippen molar-refractivity contribution in [2.45, 2.75) is 77.0 Å². The third-order valence-corrected chi connectivity index (χ3v) is 8.94. The van der Waals surface area contributed by atoms with Crippen LogP contribution in [0.5, 0.6) is 0 Å². The van der Waals surface area contributed by atoms with Crippen molar-refractivity contribution in [1.82, 2.24) is 0 Å². The van der Waals surface area contributed by atoms with E-state index in [-0.39, 0.29) is 22.3 Å². The molecule has 1 heterocycles. The molecule has 1 aliphatic rings. The van der Waals surface area contributed by atoms with Crippen molar-refractivity contribution in [2.24, 2.45) is 0 Å². The maximum absolute atomic E-state index is 6.44. The molecule has 1 saturated heterocycles. The smallest absolute Gasteiger partial charge is 0.193 e. The van der Waals surface area contributed by atoms with Gasteiger partial charge in [0, 0.05) is 0 Å². The Labute approximate surface area is 120 Å². The minimum absolute atomic E-state index is 0.146. The average Bonchev–Trinajstić information content (AvgIpc) is 2.85. The lowest BCUT2D eigenvalue weighted by Gasteiger charge is -2.41. The Morgan fingerprint density at radius 3 is 2.11 bits per heavy atom. The average molecular weight is 282 g/mol. The van der Waals surface area contributed by atoms with E-state index in [1.54, 1.807) is 0 Å². The molecule has 0 spiro atoms. The zero-order chi connectivity index (χ0) is 15.1. The van der Waals surface area contributed by atoms with Gasteiger partial charge in [-0.05, 0) is 38.9 Å². The second-order valence-corrected chi connectivity index (χ2v) is 12.5. The summed E-state index contributed by atoms with van der Waals surface area (Å²) in [5, 5.41) is 0.226. The molecule has 0 aromatic heterocycles. The minimum atomic E-state index is -1.75. The van der Waals surface area contributed by atoms with Crippen LogP contribution in [-0.2, 0) is 9.16 Å². The highest BCUT2D eigenvalue weighted by atomic mass is 28.4. The summed E-state index contributed by atoms with van der Waals surface area (Å²) in [5.74, 6) is 0. The van der Waals surface area contributed by atoms with E-state index in [0.717, 1.165) is 0 Å². The van der Waals surface area contributed by atoms with Crippen LogP contribution in [0.3, 0.4) is 0 Å². The number of hydrogen-bond donors (Lipinski definition) is 0. The van der Waals surface area contributed by atoms with Crippen LogP contribution in [0.4, 0.5) is 0 Å². The highest BCUT2D eigenvalue weighted by Gasteiger charge is 2.48. The number of hydrogen-bond acceptors (Lipinski definition) is 2. The molecule has 19 heavy (non-hydrogen) atoms. The predicted molar refractivity (Wildman–Crippen MR) is 85.0 cm³/mol. The Balaban J connectivity index is 2.68. The fourth-order valence-electron chi connectivity index (χ4n) is 1.80. The molecular formula is C16H30O2Si. The molecule has 0 bridgehead atoms. The first-order chi connectivity index (χ1) is 8.33. The van der Waals surface area contributed by atoms with Crippen molar-refractivity contribution < 1.29 is 9.16 Å². The third kappa shape index (κ3) is 4.04. The van der Waals surface area contributed by atoms with Crippen molar-refractivity contribution in [3.8, 4) is 0 Å². The molecule has 0 saturated carbocycles. The highest BCUT2D eigenvalue weighted by Crippen LogP contribution is 2.41. The van der Waals surface area contributed by atoms with Gasteiger partial charge in [-0.1, -0.05) is 39.0 Å². The Bertz CT molecular complexity index is 377. The molecule has 3 heteroatoms. The molecule has 0 unspecified atom stereocenters. The van der Waals surface area contributed by atoms with E-state index in [4.69, 9.17) is 9.16 Å². The van der Waals surface area contributed by atoms with E-state index in [9.17, 15) is 0 Å². The second kappa shape index (κ2) is 4.87. The second-order valence-electron chi connectivity index (χ2n) is 7.75. The fraction of sp³-hybridized carbons (Fsp3) is 0.750. The molecule has 0 N–H and O–H groups in total. The Hall–Kier alpha value is -0.383. The molecule has 2 atom stereocenters. The van der Waals surface area contributed by atoms with Crippen LogP contribution < -0.4 is 0 Å². The topological polar surface area (TPSA) is 21.8 Å².